The van der Waals surface area contributed by atoms with E-state index in [1.807, 2.05) is 5.92 Å². The van der Waals surface area contributed by atoms with Crippen LogP contribution in [0, 0.1) is 12.3 Å². The molecule has 0 aliphatic carbocycles. The maximum absolute atomic E-state index is 11.0. The highest BCUT2D eigenvalue weighted by molar-refractivity contribution is 6.06. The Kier molecular flexibility index (Phi) is 9.23. The van der Waals surface area contributed by atoms with Crippen molar-refractivity contribution in [2.75, 3.05) is 25.5 Å². The molecule has 0 bridgehead atoms. The number of phenolic OH excluding ortho intramolecular Hbond substituents is 2. The molecule has 5 N–H and O–H groups in total. The lowest BCUT2D eigenvalue weighted by atomic mass is 10.1. The molecule has 4 rings (SSSR count). The van der Waals surface area contributed by atoms with Gasteiger partial charge in [-0.2, -0.15) is 0 Å². The van der Waals surface area contributed by atoms with E-state index in [1.165, 1.54) is 12.1 Å². The van der Waals surface area contributed by atoms with Crippen molar-refractivity contribution in [3.8, 4) is 23.8 Å². The summed E-state index contributed by atoms with van der Waals surface area (Å²) in [5.74, 6) is 3.06. The summed E-state index contributed by atoms with van der Waals surface area (Å²) in [7, 11) is 0. The van der Waals surface area contributed by atoms with Crippen molar-refractivity contribution >= 4 is 33.7 Å². The molecule has 1 amide bonds. The predicted octanol–water partition coefficient (Wildman–Crippen LogP) is 4.06. The number of terminal acetylenes is 1. The molecule has 9 nitrogen and oxygen atoms in total. The van der Waals surface area contributed by atoms with Gasteiger partial charge in [-0.25, -0.2) is 9.97 Å². The minimum atomic E-state index is -0.407. The smallest absolute Gasteiger partial charge is 0.295 e. The minimum Gasteiger partial charge on any atom is -0.508 e. The second-order valence-electron chi connectivity index (χ2n) is 9.55. The molecule has 4 aromatic rings. The number of nitrogens with zero attached hydrogens (tertiary/aromatic N) is 3. The van der Waals surface area contributed by atoms with E-state index in [0.717, 1.165) is 59.9 Å². The first-order valence-electron chi connectivity index (χ1n) is 13.3. The molecule has 2 aromatic carbocycles. The third kappa shape index (κ3) is 6.78. The number of hydrogen-bond donors (Lipinski definition) is 4. The summed E-state index contributed by atoms with van der Waals surface area (Å²) in [5, 5.41) is 24.0. The van der Waals surface area contributed by atoms with Crippen LogP contribution in [0.3, 0.4) is 0 Å². The van der Waals surface area contributed by atoms with Gasteiger partial charge >= 0.3 is 0 Å². The molecule has 0 radical (unpaired) electrons. The zero-order chi connectivity index (χ0) is 27.8. The van der Waals surface area contributed by atoms with Crippen molar-refractivity contribution < 1.29 is 19.7 Å². The number of pyridine rings is 1. The Hall–Kier alpha value is -4.29. The Balaban J connectivity index is 1.54. The second kappa shape index (κ2) is 13.0. The largest absolute Gasteiger partial charge is 0.508 e. The first kappa shape index (κ1) is 27.7. The molecule has 9 heteroatoms. The van der Waals surface area contributed by atoms with Gasteiger partial charge < -0.3 is 30.6 Å². The molecule has 204 valence electrons. The van der Waals surface area contributed by atoms with Crippen molar-refractivity contribution in [2.24, 2.45) is 0 Å². The minimum absolute atomic E-state index is 0.0950. The molecule has 0 saturated heterocycles. The van der Waals surface area contributed by atoms with E-state index in [4.69, 9.17) is 21.9 Å². The van der Waals surface area contributed by atoms with Crippen LogP contribution in [0.25, 0.3) is 21.9 Å². The standard InChI is InChI=1S/C30H35N5O4/c1-3-5-9-26-34-28-29(35(26)19-21-18-22(36)11-13-25(21)37)23-12-10-20(17-24(23)33-30(28)31)8-6-15-39-16-7-14-32-27(38)4-2/h2,10-13,17-18,36-37H,3,5-9,14-16,19H2,1H3,(H2,31,33)(H,32,38). The maximum atomic E-state index is 11.0. The van der Waals surface area contributed by atoms with E-state index in [1.54, 1.807) is 6.07 Å². The Bertz CT molecular complexity index is 1510. The number of fused-ring (bicyclic) bond motifs is 3. The molecule has 0 aliphatic heterocycles. The lowest BCUT2D eigenvalue weighted by Gasteiger charge is -2.13. The number of carbonyl (C=O) groups excluding carboxylic acids is 1. The first-order chi connectivity index (χ1) is 18.9. The highest BCUT2D eigenvalue weighted by Crippen LogP contribution is 2.32. The Morgan fingerprint density at radius 2 is 1.92 bits per heavy atom. The van der Waals surface area contributed by atoms with E-state index in [9.17, 15) is 15.0 Å². The predicted molar refractivity (Wildman–Crippen MR) is 153 cm³/mol. The van der Waals surface area contributed by atoms with Crippen molar-refractivity contribution in [1.29, 1.82) is 0 Å². The van der Waals surface area contributed by atoms with Gasteiger partial charge in [-0.05, 0) is 61.4 Å². The number of nitrogens with one attached hydrogen (secondary N) is 1. The van der Waals surface area contributed by atoms with Gasteiger partial charge in [0.25, 0.3) is 5.91 Å². The lowest BCUT2D eigenvalue weighted by molar-refractivity contribution is -0.115. The van der Waals surface area contributed by atoms with Crippen molar-refractivity contribution in [2.45, 2.75) is 52.0 Å². The fourth-order valence-corrected chi connectivity index (χ4v) is 4.63. The highest BCUT2D eigenvalue weighted by Gasteiger charge is 2.19. The zero-order valence-electron chi connectivity index (χ0n) is 22.2. The highest BCUT2D eigenvalue weighted by atomic mass is 16.5. The number of aromatic hydroxyl groups is 2. The van der Waals surface area contributed by atoms with Crippen LogP contribution in [-0.2, 0) is 28.9 Å². The number of nitrogen functional groups attached to an aromatic ring is 1. The summed E-state index contributed by atoms with van der Waals surface area (Å²) in [6.45, 7) is 4.14. The molecule has 0 saturated carbocycles. The van der Waals surface area contributed by atoms with Crippen LogP contribution in [-0.4, -0.2) is 50.4 Å². The third-order valence-electron chi connectivity index (χ3n) is 6.63. The summed E-state index contributed by atoms with van der Waals surface area (Å²) < 4.78 is 7.75. The van der Waals surface area contributed by atoms with Gasteiger partial charge in [0, 0.05) is 37.1 Å². The van der Waals surface area contributed by atoms with Crippen LogP contribution in [0.1, 0.15) is 49.6 Å². The van der Waals surface area contributed by atoms with Gasteiger partial charge in [-0.1, -0.05) is 25.5 Å². The van der Waals surface area contributed by atoms with E-state index in [0.29, 0.717) is 49.6 Å². The van der Waals surface area contributed by atoms with Crippen molar-refractivity contribution in [3.05, 3.63) is 53.3 Å². The molecule has 0 unspecified atom stereocenters. The molecule has 0 fully saturated rings. The van der Waals surface area contributed by atoms with E-state index < -0.39 is 5.91 Å². The zero-order valence-corrected chi connectivity index (χ0v) is 22.2. The monoisotopic (exact) mass is 529 g/mol. The van der Waals surface area contributed by atoms with Crippen molar-refractivity contribution in [3.63, 3.8) is 0 Å². The lowest BCUT2D eigenvalue weighted by Crippen LogP contribution is -2.23. The number of benzene rings is 2. The van der Waals surface area contributed by atoms with Crippen molar-refractivity contribution in [1.82, 2.24) is 19.9 Å². The molecule has 2 aromatic heterocycles. The molecule has 39 heavy (non-hydrogen) atoms. The average Bonchev–Trinajstić information content (AvgIpc) is 3.29. The van der Waals surface area contributed by atoms with Crippen LogP contribution in [0.2, 0.25) is 0 Å². The number of amides is 1. The number of unbranched alkanes of at least 4 members (excludes halogenated alkanes) is 1. The van der Waals surface area contributed by atoms with E-state index in [-0.39, 0.29) is 11.5 Å². The molecule has 0 aliphatic rings. The number of aromatic nitrogens is 3. The number of rotatable bonds is 13. The SMILES string of the molecule is C#CC(=O)NCCCOCCCc1ccc2c(c1)nc(N)c1nc(CCCC)n(Cc3cc(O)ccc3O)c12. The molecule has 0 spiro atoms. The Morgan fingerprint density at radius 1 is 1.10 bits per heavy atom. The normalized spacial score (nSPS) is 11.2. The first-order valence-corrected chi connectivity index (χ1v) is 13.3. The Morgan fingerprint density at radius 3 is 2.72 bits per heavy atom. The molecule has 0 atom stereocenters. The summed E-state index contributed by atoms with van der Waals surface area (Å²) in [5.41, 5.74) is 10.4. The number of carbonyl (C=O) groups is 1. The van der Waals surface area contributed by atoms with Gasteiger partial charge in [-0.15, -0.1) is 6.42 Å². The van der Waals surface area contributed by atoms with Gasteiger partial charge in [0.2, 0.25) is 0 Å². The molecular formula is C30H35N5O4. The number of ether oxygens (including phenoxy) is 1. The number of hydrogen-bond acceptors (Lipinski definition) is 7. The number of anilines is 1. The number of nitrogens with two attached hydrogens (primary N) is 1. The van der Waals surface area contributed by atoms with E-state index in [2.05, 4.69) is 40.0 Å². The van der Waals surface area contributed by atoms with Crippen LogP contribution in [0.15, 0.2) is 36.4 Å². The molecule has 2 heterocycles. The number of aryl methyl sites for hydroxylation is 2. The van der Waals surface area contributed by atoms with Gasteiger partial charge in [-0.3, -0.25) is 4.79 Å². The number of imidazole rings is 1. The van der Waals surface area contributed by atoms with Crippen LogP contribution < -0.4 is 11.1 Å². The second-order valence-corrected chi connectivity index (χ2v) is 9.55. The van der Waals surface area contributed by atoms with Crippen LogP contribution >= 0.6 is 0 Å². The maximum Gasteiger partial charge on any atom is 0.295 e. The van der Waals surface area contributed by atoms with Gasteiger partial charge in [0.1, 0.15) is 22.8 Å². The topological polar surface area (TPSA) is 136 Å². The summed E-state index contributed by atoms with van der Waals surface area (Å²) >= 11 is 0. The average molecular weight is 530 g/mol. The summed E-state index contributed by atoms with van der Waals surface area (Å²) in [6.07, 6.45) is 10.1. The summed E-state index contributed by atoms with van der Waals surface area (Å²) in [4.78, 5) is 20.6. The third-order valence-corrected chi connectivity index (χ3v) is 6.63. The van der Waals surface area contributed by atoms with Crippen LogP contribution in [0.5, 0.6) is 11.5 Å². The van der Waals surface area contributed by atoms with Crippen LogP contribution in [0.4, 0.5) is 5.82 Å². The number of phenols is 2. The Labute approximate surface area is 228 Å². The van der Waals surface area contributed by atoms with Gasteiger partial charge in [0.15, 0.2) is 5.82 Å². The summed E-state index contributed by atoms with van der Waals surface area (Å²) in [6, 6.07) is 10.7. The van der Waals surface area contributed by atoms with Gasteiger partial charge in [0.05, 0.1) is 17.6 Å². The quantitative estimate of drug-likeness (QED) is 0.117. The fourth-order valence-electron chi connectivity index (χ4n) is 4.63. The molecular weight excluding hydrogens is 494 g/mol. The van der Waals surface area contributed by atoms with E-state index >= 15 is 0 Å². The fraction of sp³-hybridized carbons (Fsp3) is 0.367.